The third-order valence-corrected chi connectivity index (χ3v) is 7.34. The Labute approximate surface area is 178 Å². The average Bonchev–Trinajstić information content (AvgIpc) is 3.06. The average molecular weight is 447 g/mol. The topological polar surface area (TPSA) is 129 Å². The SMILES string of the molecule is CCC(=O)NCC(C)(C)SSCO[C@@H]1C[C@H](n2ccc(N)nc2=O)OC1CCO. The minimum atomic E-state index is -0.504. The molecule has 0 aliphatic carbocycles. The van der Waals surface area contributed by atoms with Gasteiger partial charge in [0, 0.05) is 36.9 Å². The highest BCUT2D eigenvalue weighted by Crippen LogP contribution is 2.37. The molecule has 1 aliphatic heterocycles. The molecule has 11 heteroatoms. The van der Waals surface area contributed by atoms with E-state index in [0.29, 0.717) is 31.7 Å². The van der Waals surface area contributed by atoms with Crippen LogP contribution in [0.2, 0.25) is 0 Å². The van der Waals surface area contributed by atoms with Crippen LogP contribution in [-0.2, 0) is 14.3 Å². The summed E-state index contributed by atoms with van der Waals surface area (Å²) in [6.45, 7) is 6.49. The molecule has 2 heterocycles. The Balaban J connectivity index is 1.85. The Morgan fingerprint density at radius 2 is 2.31 bits per heavy atom. The fourth-order valence-corrected chi connectivity index (χ4v) is 5.01. The number of nitrogens with two attached hydrogens (primary N) is 1. The number of aliphatic hydroxyl groups excluding tert-OH is 1. The van der Waals surface area contributed by atoms with E-state index in [1.165, 1.54) is 4.57 Å². The Hall–Kier alpha value is -1.27. The van der Waals surface area contributed by atoms with Gasteiger partial charge >= 0.3 is 5.69 Å². The van der Waals surface area contributed by atoms with Gasteiger partial charge in [-0.25, -0.2) is 4.79 Å². The molecule has 1 saturated heterocycles. The number of hydrogen-bond donors (Lipinski definition) is 3. The number of nitrogen functional groups attached to an aromatic ring is 1. The quantitative estimate of drug-likeness (QED) is 0.263. The number of rotatable bonds is 11. The molecule has 1 fully saturated rings. The van der Waals surface area contributed by atoms with Gasteiger partial charge in [-0.3, -0.25) is 9.36 Å². The number of amides is 1. The van der Waals surface area contributed by atoms with Crippen LogP contribution in [0.4, 0.5) is 5.82 Å². The van der Waals surface area contributed by atoms with E-state index < -0.39 is 11.9 Å². The molecule has 0 bridgehead atoms. The Morgan fingerprint density at radius 1 is 1.55 bits per heavy atom. The first kappa shape index (κ1) is 24.0. The van der Waals surface area contributed by atoms with Crippen molar-refractivity contribution in [1.29, 1.82) is 0 Å². The van der Waals surface area contributed by atoms with Crippen LogP contribution in [0.3, 0.4) is 0 Å². The lowest BCUT2D eigenvalue weighted by Crippen LogP contribution is -2.35. The molecule has 0 saturated carbocycles. The summed E-state index contributed by atoms with van der Waals surface area (Å²) in [6, 6.07) is 1.55. The van der Waals surface area contributed by atoms with Crippen molar-refractivity contribution in [2.45, 2.75) is 63.2 Å². The third-order valence-electron chi connectivity index (χ3n) is 4.40. The Bertz CT molecular complexity index is 730. The molecule has 164 valence electrons. The van der Waals surface area contributed by atoms with Crippen LogP contribution in [0.1, 0.15) is 46.3 Å². The summed E-state index contributed by atoms with van der Waals surface area (Å²) in [5.41, 5.74) is 5.07. The van der Waals surface area contributed by atoms with Crippen molar-refractivity contribution in [1.82, 2.24) is 14.9 Å². The van der Waals surface area contributed by atoms with E-state index in [1.54, 1.807) is 33.9 Å². The highest BCUT2D eigenvalue weighted by molar-refractivity contribution is 8.77. The summed E-state index contributed by atoms with van der Waals surface area (Å²) in [5, 5.41) is 12.2. The van der Waals surface area contributed by atoms with Gasteiger partial charge in [-0.05, 0) is 26.3 Å². The minimum absolute atomic E-state index is 0.0296. The first-order chi connectivity index (χ1) is 13.8. The van der Waals surface area contributed by atoms with Gasteiger partial charge in [-0.15, -0.1) is 0 Å². The number of ether oxygens (including phenoxy) is 2. The molecule has 1 aliphatic rings. The lowest BCUT2D eigenvalue weighted by molar-refractivity contribution is -0.120. The van der Waals surface area contributed by atoms with Crippen molar-refractivity contribution in [2.75, 3.05) is 24.8 Å². The van der Waals surface area contributed by atoms with Crippen molar-refractivity contribution in [3.05, 3.63) is 22.7 Å². The molecule has 29 heavy (non-hydrogen) atoms. The fraction of sp³-hybridized carbons (Fsp3) is 0.722. The number of carbonyl (C=O) groups excluding carboxylic acids is 1. The van der Waals surface area contributed by atoms with Crippen LogP contribution >= 0.6 is 21.6 Å². The van der Waals surface area contributed by atoms with Crippen LogP contribution in [0.15, 0.2) is 17.1 Å². The molecule has 0 aromatic carbocycles. The lowest BCUT2D eigenvalue weighted by Gasteiger charge is -2.24. The van der Waals surface area contributed by atoms with Crippen molar-refractivity contribution in [3.63, 3.8) is 0 Å². The number of nitrogens with zero attached hydrogens (tertiary/aromatic N) is 2. The largest absolute Gasteiger partial charge is 0.396 e. The minimum Gasteiger partial charge on any atom is -0.396 e. The van der Waals surface area contributed by atoms with Gasteiger partial charge in [0.1, 0.15) is 18.0 Å². The van der Waals surface area contributed by atoms with Gasteiger partial charge in [0.25, 0.3) is 0 Å². The molecule has 9 nitrogen and oxygen atoms in total. The van der Waals surface area contributed by atoms with Crippen LogP contribution in [-0.4, -0.2) is 56.6 Å². The van der Waals surface area contributed by atoms with Gasteiger partial charge in [0.05, 0.1) is 12.2 Å². The van der Waals surface area contributed by atoms with Gasteiger partial charge in [-0.1, -0.05) is 28.5 Å². The summed E-state index contributed by atoms with van der Waals surface area (Å²) < 4.78 is 13.2. The van der Waals surface area contributed by atoms with E-state index in [9.17, 15) is 14.7 Å². The fourth-order valence-electron chi connectivity index (χ4n) is 2.84. The van der Waals surface area contributed by atoms with E-state index in [0.717, 1.165) is 0 Å². The zero-order valence-electron chi connectivity index (χ0n) is 17.0. The van der Waals surface area contributed by atoms with Gasteiger partial charge in [0.15, 0.2) is 0 Å². The second kappa shape index (κ2) is 11.2. The summed E-state index contributed by atoms with van der Waals surface area (Å²) in [6.07, 6.45) is 1.88. The monoisotopic (exact) mass is 446 g/mol. The maximum Gasteiger partial charge on any atom is 0.351 e. The lowest BCUT2D eigenvalue weighted by atomic mass is 10.1. The number of carbonyl (C=O) groups is 1. The van der Waals surface area contributed by atoms with E-state index >= 15 is 0 Å². The molecule has 2 rings (SSSR count). The highest BCUT2D eigenvalue weighted by atomic mass is 33.1. The molecular weight excluding hydrogens is 416 g/mol. The van der Waals surface area contributed by atoms with E-state index in [2.05, 4.69) is 24.1 Å². The smallest absolute Gasteiger partial charge is 0.351 e. The molecule has 1 unspecified atom stereocenters. The Morgan fingerprint density at radius 3 is 2.97 bits per heavy atom. The third kappa shape index (κ3) is 7.49. The number of nitrogens with one attached hydrogen (secondary N) is 1. The molecule has 3 atom stereocenters. The van der Waals surface area contributed by atoms with Gasteiger partial charge < -0.3 is 25.6 Å². The number of anilines is 1. The molecular formula is C18H30N4O5S2. The van der Waals surface area contributed by atoms with Crippen molar-refractivity contribution >= 4 is 33.3 Å². The number of aliphatic hydroxyl groups is 1. The van der Waals surface area contributed by atoms with Crippen LogP contribution in [0, 0.1) is 0 Å². The summed E-state index contributed by atoms with van der Waals surface area (Å²) in [4.78, 5) is 27.2. The maximum absolute atomic E-state index is 12.1. The van der Waals surface area contributed by atoms with Crippen LogP contribution in [0.25, 0.3) is 0 Å². The van der Waals surface area contributed by atoms with Gasteiger partial charge in [-0.2, -0.15) is 4.98 Å². The second-order valence-electron chi connectivity index (χ2n) is 7.33. The zero-order chi connectivity index (χ0) is 21.4. The molecule has 0 spiro atoms. The zero-order valence-corrected chi connectivity index (χ0v) is 18.6. The van der Waals surface area contributed by atoms with Crippen molar-refractivity contribution < 1.29 is 19.4 Å². The summed E-state index contributed by atoms with van der Waals surface area (Å²) in [7, 11) is 3.19. The first-order valence-corrected chi connectivity index (χ1v) is 11.9. The van der Waals surface area contributed by atoms with Crippen LogP contribution < -0.4 is 16.7 Å². The van der Waals surface area contributed by atoms with E-state index in [4.69, 9.17) is 15.2 Å². The summed E-state index contributed by atoms with van der Waals surface area (Å²) in [5.74, 6) is 0.622. The first-order valence-electron chi connectivity index (χ1n) is 9.55. The standard InChI is InChI=1S/C18H30N4O5S2/c1-4-15(24)20-10-18(2,3)29-28-11-26-13-9-16(27-12(13)6-8-23)22-7-5-14(19)21-17(22)25/h5,7,12-13,16,23H,4,6,8-11H2,1-3H3,(H,20,24)(H2,19,21,25)/t12?,13-,16-/m1/s1. The van der Waals surface area contributed by atoms with E-state index in [1.807, 2.05) is 6.92 Å². The predicted octanol–water partition coefficient (Wildman–Crippen LogP) is 1.52. The van der Waals surface area contributed by atoms with Gasteiger partial charge in [0.2, 0.25) is 5.91 Å². The molecule has 0 radical (unpaired) electrons. The second-order valence-corrected chi connectivity index (χ2v) is 10.3. The molecule has 1 aromatic rings. The summed E-state index contributed by atoms with van der Waals surface area (Å²) >= 11 is 0. The number of hydrogen-bond acceptors (Lipinski definition) is 9. The molecule has 4 N–H and O–H groups in total. The molecule has 1 aromatic heterocycles. The number of aromatic nitrogens is 2. The molecule has 1 amide bonds. The normalized spacial score (nSPS) is 22.0. The Kier molecular flexibility index (Phi) is 9.28. The maximum atomic E-state index is 12.1. The van der Waals surface area contributed by atoms with Crippen molar-refractivity contribution in [2.24, 2.45) is 0 Å². The van der Waals surface area contributed by atoms with E-state index in [-0.39, 0.29) is 35.3 Å². The van der Waals surface area contributed by atoms with Crippen LogP contribution in [0.5, 0.6) is 0 Å². The predicted molar refractivity (Wildman–Crippen MR) is 115 cm³/mol. The van der Waals surface area contributed by atoms with Crippen molar-refractivity contribution in [3.8, 4) is 0 Å². The highest BCUT2D eigenvalue weighted by Gasteiger charge is 2.37.